The van der Waals surface area contributed by atoms with Gasteiger partial charge in [0, 0.05) is 19.2 Å². The SMILES string of the molecule is Cc1cccc([N+](=O)[O-])c1C(=O)N1CCC(C)(CN)C1.Cl. The Bertz CT molecular complexity index is 564. The predicted octanol–water partition coefficient (Wildman–Crippen LogP) is 2.14. The van der Waals surface area contributed by atoms with Crippen LogP contribution in [0.1, 0.15) is 29.3 Å². The number of halogens is 1. The first-order valence-electron chi connectivity index (χ1n) is 6.61. The minimum absolute atomic E-state index is 0. The van der Waals surface area contributed by atoms with Gasteiger partial charge in [-0.1, -0.05) is 19.1 Å². The number of amides is 1. The van der Waals surface area contributed by atoms with E-state index in [-0.39, 0.29) is 35.0 Å². The predicted molar refractivity (Wildman–Crippen MR) is 82.8 cm³/mol. The molecule has 0 aliphatic carbocycles. The third-order valence-electron chi connectivity index (χ3n) is 4.00. The van der Waals surface area contributed by atoms with Crippen LogP contribution in [-0.4, -0.2) is 35.4 Å². The van der Waals surface area contributed by atoms with Gasteiger partial charge in [0.2, 0.25) is 0 Å². The topological polar surface area (TPSA) is 89.5 Å². The molecule has 116 valence electrons. The molecule has 1 atom stereocenters. The van der Waals surface area contributed by atoms with Crippen LogP contribution < -0.4 is 5.73 Å². The van der Waals surface area contributed by atoms with E-state index in [9.17, 15) is 14.9 Å². The van der Waals surface area contributed by atoms with Crippen molar-refractivity contribution < 1.29 is 9.72 Å². The largest absolute Gasteiger partial charge is 0.338 e. The van der Waals surface area contributed by atoms with Gasteiger partial charge >= 0.3 is 0 Å². The van der Waals surface area contributed by atoms with E-state index in [4.69, 9.17) is 5.73 Å². The van der Waals surface area contributed by atoms with E-state index in [1.165, 1.54) is 6.07 Å². The molecule has 0 spiro atoms. The number of nitrogens with two attached hydrogens (primary N) is 1. The first kappa shape index (κ1) is 17.4. The van der Waals surface area contributed by atoms with E-state index in [1.54, 1.807) is 24.0 Å². The number of carbonyl (C=O) groups excluding carboxylic acids is 1. The highest BCUT2D eigenvalue weighted by Gasteiger charge is 2.37. The van der Waals surface area contributed by atoms with E-state index in [2.05, 4.69) is 0 Å². The molecule has 1 saturated heterocycles. The highest BCUT2D eigenvalue weighted by molar-refractivity contribution is 5.99. The van der Waals surface area contributed by atoms with Gasteiger partial charge in [0.25, 0.3) is 11.6 Å². The summed E-state index contributed by atoms with van der Waals surface area (Å²) in [7, 11) is 0. The second-order valence-corrected chi connectivity index (χ2v) is 5.72. The Morgan fingerprint density at radius 2 is 2.19 bits per heavy atom. The van der Waals surface area contributed by atoms with Gasteiger partial charge in [0.05, 0.1) is 4.92 Å². The smallest absolute Gasteiger partial charge is 0.282 e. The van der Waals surface area contributed by atoms with Gasteiger partial charge in [0.15, 0.2) is 0 Å². The van der Waals surface area contributed by atoms with Crippen molar-refractivity contribution in [1.29, 1.82) is 0 Å². The van der Waals surface area contributed by atoms with Crippen LogP contribution in [-0.2, 0) is 0 Å². The molecule has 1 heterocycles. The van der Waals surface area contributed by atoms with Crippen molar-refractivity contribution in [3.8, 4) is 0 Å². The van der Waals surface area contributed by atoms with Gasteiger partial charge in [-0.2, -0.15) is 0 Å². The van der Waals surface area contributed by atoms with Crippen LogP contribution in [0.3, 0.4) is 0 Å². The van der Waals surface area contributed by atoms with Gasteiger partial charge in [-0.25, -0.2) is 0 Å². The zero-order chi connectivity index (χ0) is 14.9. The molecule has 1 aromatic carbocycles. The number of rotatable bonds is 3. The molecule has 0 aromatic heterocycles. The minimum atomic E-state index is -0.502. The maximum atomic E-state index is 12.6. The molecule has 1 aliphatic heterocycles. The second kappa shape index (κ2) is 6.41. The number of likely N-dealkylation sites (tertiary alicyclic amines) is 1. The van der Waals surface area contributed by atoms with Gasteiger partial charge < -0.3 is 10.6 Å². The minimum Gasteiger partial charge on any atom is -0.338 e. The summed E-state index contributed by atoms with van der Waals surface area (Å²) in [6.45, 7) is 5.41. The average Bonchev–Trinajstić information content (AvgIpc) is 2.81. The van der Waals surface area contributed by atoms with Crippen molar-refractivity contribution in [2.45, 2.75) is 20.3 Å². The molecule has 0 radical (unpaired) electrons. The first-order valence-corrected chi connectivity index (χ1v) is 6.61. The van der Waals surface area contributed by atoms with E-state index in [0.29, 0.717) is 25.2 Å². The maximum absolute atomic E-state index is 12.6. The Kier molecular flexibility index (Phi) is 5.31. The van der Waals surface area contributed by atoms with Crippen molar-refractivity contribution in [3.05, 3.63) is 39.4 Å². The van der Waals surface area contributed by atoms with E-state index >= 15 is 0 Å². The Balaban J connectivity index is 0.00000220. The van der Waals surface area contributed by atoms with E-state index in [0.717, 1.165) is 6.42 Å². The monoisotopic (exact) mass is 313 g/mol. The molecule has 1 aromatic rings. The highest BCUT2D eigenvalue weighted by Crippen LogP contribution is 2.31. The summed E-state index contributed by atoms with van der Waals surface area (Å²) in [6.07, 6.45) is 0.828. The zero-order valence-corrected chi connectivity index (χ0v) is 13.0. The molecule has 2 rings (SSSR count). The number of nitro benzene ring substituents is 1. The quantitative estimate of drug-likeness (QED) is 0.684. The number of aryl methyl sites for hydroxylation is 1. The Morgan fingerprint density at radius 1 is 1.52 bits per heavy atom. The summed E-state index contributed by atoms with van der Waals surface area (Å²) >= 11 is 0. The number of nitrogens with zero attached hydrogens (tertiary/aromatic N) is 2. The Hall–Kier alpha value is -1.66. The van der Waals surface area contributed by atoms with Crippen molar-refractivity contribution >= 4 is 24.0 Å². The molecule has 1 unspecified atom stereocenters. The fourth-order valence-corrected chi connectivity index (χ4v) is 2.60. The Labute approximate surface area is 129 Å². The lowest BCUT2D eigenvalue weighted by Crippen LogP contribution is -2.35. The number of nitro groups is 1. The number of benzene rings is 1. The molecule has 7 heteroatoms. The van der Waals surface area contributed by atoms with Crippen LogP contribution in [0.4, 0.5) is 5.69 Å². The normalized spacial score (nSPS) is 21.0. The molecule has 6 nitrogen and oxygen atoms in total. The lowest BCUT2D eigenvalue weighted by Gasteiger charge is -2.23. The Morgan fingerprint density at radius 3 is 2.71 bits per heavy atom. The number of hydrogen-bond donors (Lipinski definition) is 1. The molecule has 1 aliphatic rings. The molecule has 21 heavy (non-hydrogen) atoms. The van der Waals surface area contributed by atoms with Gasteiger partial charge in [-0.05, 0) is 30.9 Å². The highest BCUT2D eigenvalue weighted by atomic mass is 35.5. The summed E-state index contributed by atoms with van der Waals surface area (Å²) in [5.41, 5.74) is 6.34. The first-order chi connectivity index (χ1) is 9.38. The van der Waals surface area contributed by atoms with Gasteiger partial charge in [-0.15, -0.1) is 12.4 Å². The third kappa shape index (κ3) is 3.33. The number of carbonyl (C=O) groups is 1. The molecule has 0 saturated carbocycles. The van der Waals surface area contributed by atoms with Crippen molar-refractivity contribution in [2.24, 2.45) is 11.1 Å². The molecule has 1 amide bonds. The van der Waals surface area contributed by atoms with Crippen molar-refractivity contribution in [1.82, 2.24) is 4.90 Å². The van der Waals surface area contributed by atoms with Crippen LogP contribution in [0.5, 0.6) is 0 Å². The zero-order valence-electron chi connectivity index (χ0n) is 12.2. The number of hydrogen-bond acceptors (Lipinski definition) is 4. The summed E-state index contributed by atoms with van der Waals surface area (Å²) in [5.74, 6) is -0.271. The van der Waals surface area contributed by atoms with Gasteiger partial charge in [0.1, 0.15) is 5.56 Å². The third-order valence-corrected chi connectivity index (χ3v) is 4.00. The fourth-order valence-electron chi connectivity index (χ4n) is 2.60. The van der Waals surface area contributed by atoms with E-state index in [1.807, 2.05) is 6.92 Å². The van der Waals surface area contributed by atoms with Crippen molar-refractivity contribution in [2.75, 3.05) is 19.6 Å². The second-order valence-electron chi connectivity index (χ2n) is 5.72. The molecular weight excluding hydrogens is 294 g/mol. The molecular formula is C14H20ClN3O3. The molecule has 0 bridgehead atoms. The lowest BCUT2D eigenvalue weighted by atomic mass is 9.90. The van der Waals surface area contributed by atoms with Gasteiger partial charge in [-0.3, -0.25) is 14.9 Å². The summed E-state index contributed by atoms with van der Waals surface area (Å²) in [4.78, 5) is 24.8. The van der Waals surface area contributed by atoms with Crippen molar-refractivity contribution in [3.63, 3.8) is 0 Å². The fraction of sp³-hybridized carbons (Fsp3) is 0.500. The summed E-state index contributed by atoms with van der Waals surface area (Å²) in [6, 6.07) is 4.69. The standard InChI is InChI=1S/C14H19N3O3.ClH/c1-10-4-3-5-11(17(19)20)12(10)13(18)16-7-6-14(2,8-15)9-16;/h3-5H,6-9,15H2,1-2H3;1H. The van der Waals surface area contributed by atoms with Crippen LogP contribution in [0.2, 0.25) is 0 Å². The van der Waals surface area contributed by atoms with Crippen LogP contribution in [0.15, 0.2) is 18.2 Å². The average molecular weight is 314 g/mol. The van der Waals surface area contributed by atoms with Crippen LogP contribution >= 0.6 is 12.4 Å². The molecule has 1 fully saturated rings. The molecule has 2 N–H and O–H groups in total. The lowest BCUT2D eigenvalue weighted by molar-refractivity contribution is -0.385. The van der Waals surface area contributed by atoms with E-state index < -0.39 is 4.92 Å². The van der Waals surface area contributed by atoms with Crippen LogP contribution in [0.25, 0.3) is 0 Å². The van der Waals surface area contributed by atoms with Crippen LogP contribution in [0, 0.1) is 22.5 Å². The summed E-state index contributed by atoms with van der Waals surface area (Å²) < 4.78 is 0. The maximum Gasteiger partial charge on any atom is 0.282 e. The summed E-state index contributed by atoms with van der Waals surface area (Å²) in [5, 5.41) is 11.1.